The van der Waals surface area contributed by atoms with Gasteiger partial charge in [-0.15, -0.1) is 0 Å². The third-order valence-electron chi connectivity index (χ3n) is 1.82. The second kappa shape index (κ2) is 2.66. The Morgan fingerprint density at radius 1 is 0.923 bits per heavy atom. The van der Waals surface area contributed by atoms with E-state index < -0.39 is 0 Å². The Hall–Kier alpha value is -2.26. The highest BCUT2D eigenvalue weighted by Gasteiger charge is 2.10. The highest BCUT2D eigenvalue weighted by molar-refractivity contribution is 5.90. The molecule has 0 amide bonds. The van der Waals surface area contributed by atoms with Crippen LogP contribution in [-0.2, 0) is 0 Å². The van der Waals surface area contributed by atoms with E-state index in [1.807, 2.05) is 12.1 Å². The smallest absolute Gasteiger partial charge is 0.213 e. The lowest BCUT2D eigenvalue weighted by Gasteiger charge is -1.84. The second-order valence-electron chi connectivity index (χ2n) is 2.53. The predicted octanol–water partition coefficient (Wildman–Crippen LogP) is 2.18. The molecule has 0 saturated heterocycles. The largest absolute Gasteiger partial charge is 0.434 e. The first-order valence-electron chi connectivity index (χ1n) is 3.68. The number of fused-ring (bicyclic) bond motifs is 1. The Morgan fingerprint density at radius 3 is 1.77 bits per heavy atom. The van der Waals surface area contributed by atoms with Crippen LogP contribution in [0.25, 0.3) is 10.8 Å². The molecule has 0 bridgehead atoms. The molecule has 13 heavy (non-hydrogen) atoms. The first-order valence-corrected chi connectivity index (χ1v) is 3.68. The number of furan rings is 1. The molecule has 3 heteroatoms. The van der Waals surface area contributed by atoms with Crippen molar-refractivity contribution in [1.29, 1.82) is 10.5 Å². The molecule has 1 aromatic carbocycles. The highest BCUT2D eigenvalue weighted by atomic mass is 16.3. The van der Waals surface area contributed by atoms with Crippen molar-refractivity contribution >= 4 is 10.8 Å². The minimum Gasteiger partial charge on any atom is -0.434 e. The van der Waals surface area contributed by atoms with Crippen LogP contribution < -0.4 is 0 Å². The minimum atomic E-state index is 0.201. The quantitative estimate of drug-likeness (QED) is 0.605. The summed E-state index contributed by atoms with van der Waals surface area (Å²) in [6.45, 7) is 0. The van der Waals surface area contributed by atoms with Gasteiger partial charge in [-0.05, 0) is 12.1 Å². The minimum absolute atomic E-state index is 0.201. The van der Waals surface area contributed by atoms with Gasteiger partial charge in [0.15, 0.2) is 0 Å². The second-order valence-corrected chi connectivity index (χ2v) is 2.53. The van der Waals surface area contributed by atoms with Crippen LogP contribution in [0, 0.1) is 22.7 Å². The summed E-state index contributed by atoms with van der Waals surface area (Å²) >= 11 is 0. The van der Waals surface area contributed by atoms with E-state index in [-0.39, 0.29) is 11.5 Å². The van der Waals surface area contributed by atoms with Crippen LogP contribution in [0.3, 0.4) is 0 Å². The fourth-order valence-corrected chi connectivity index (χ4v) is 1.26. The summed E-state index contributed by atoms with van der Waals surface area (Å²) in [7, 11) is 0. The molecule has 1 aromatic heterocycles. The third kappa shape index (κ3) is 0.953. The number of nitrogens with zero attached hydrogens (tertiary/aromatic N) is 2. The monoisotopic (exact) mass is 168 g/mol. The molecule has 0 fully saturated rings. The lowest BCUT2D eigenvalue weighted by atomic mass is 10.1. The van der Waals surface area contributed by atoms with Crippen LogP contribution in [0.5, 0.6) is 0 Å². The maximum atomic E-state index is 8.69. The summed E-state index contributed by atoms with van der Waals surface area (Å²) in [5, 5.41) is 18.8. The van der Waals surface area contributed by atoms with E-state index >= 15 is 0 Å². The Balaban J connectivity index is 2.94. The zero-order valence-corrected chi connectivity index (χ0v) is 6.61. The van der Waals surface area contributed by atoms with Gasteiger partial charge in [0.1, 0.15) is 12.1 Å². The van der Waals surface area contributed by atoms with Crippen molar-refractivity contribution in [1.82, 2.24) is 0 Å². The number of hydrogen-bond acceptors (Lipinski definition) is 3. The summed E-state index contributed by atoms with van der Waals surface area (Å²) in [5.41, 5.74) is 0. The average molecular weight is 168 g/mol. The Kier molecular flexibility index (Phi) is 1.51. The van der Waals surface area contributed by atoms with Crippen LogP contribution in [0.15, 0.2) is 28.7 Å². The molecule has 0 spiro atoms. The molecule has 2 aromatic rings. The van der Waals surface area contributed by atoms with Gasteiger partial charge in [-0.2, -0.15) is 10.5 Å². The summed E-state index contributed by atoms with van der Waals surface area (Å²) in [5.74, 6) is 0.402. The van der Waals surface area contributed by atoms with Crippen LogP contribution in [0.2, 0.25) is 0 Å². The molecule has 60 valence electrons. The Labute approximate surface area is 74.4 Å². The third-order valence-corrected chi connectivity index (χ3v) is 1.82. The van der Waals surface area contributed by atoms with Crippen molar-refractivity contribution < 1.29 is 4.42 Å². The van der Waals surface area contributed by atoms with Gasteiger partial charge in [0.2, 0.25) is 11.5 Å². The Morgan fingerprint density at radius 2 is 1.38 bits per heavy atom. The normalized spacial score (nSPS) is 9.38. The molecule has 2 rings (SSSR count). The molecule has 1 heterocycles. The van der Waals surface area contributed by atoms with Gasteiger partial charge in [-0.1, -0.05) is 12.1 Å². The van der Waals surface area contributed by atoms with E-state index in [4.69, 9.17) is 14.9 Å². The number of hydrogen-bond donors (Lipinski definition) is 0. The van der Waals surface area contributed by atoms with Gasteiger partial charge in [0, 0.05) is 10.8 Å². The number of nitriles is 2. The maximum absolute atomic E-state index is 8.69. The summed E-state index contributed by atoms with van der Waals surface area (Å²) in [4.78, 5) is 0. The van der Waals surface area contributed by atoms with Crippen molar-refractivity contribution in [3.05, 3.63) is 35.8 Å². The first kappa shape index (κ1) is 7.39. The van der Waals surface area contributed by atoms with E-state index in [2.05, 4.69) is 0 Å². The molecule has 0 atom stereocenters. The van der Waals surface area contributed by atoms with E-state index in [0.29, 0.717) is 10.8 Å². The van der Waals surface area contributed by atoms with Crippen molar-refractivity contribution in [2.45, 2.75) is 0 Å². The zero-order valence-electron chi connectivity index (χ0n) is 6.61. The zero-order chi connectivity index (χ0) is 9.26. The van der Waals surface area contributed by atoms with Crippen LogP contribution in [-0.4, -0.2) is 0 Å². The van der Waals surface area contributed by atoms with Gasteiger partial charge in [-0.25, -0.2) is 0 Å². The van der Waals surface area contributed by atoms with E-state index in [1.54, 1.807) is 24.3 Å². The van der Waals surface area contributed by atoms with Gasteiger partial charge < -0.3 is 4.42 Å². The summed E-state index contributed by atoms with van der Waals surface area (Å²) in [6.07, 6.45) is 0. The lowest BCUT2D eigenvalue weighted by molar-refractivity contribution is 0.544. The molecule has 0 saturated carbocycles. The standard InChI is InChI=1S/C10H4N2O/c11-5-9-7-3-1-2-4-8(7)10(6-12)13-9/h1-4H. The topological polar surface area (TPSA) is 60.7 Å². The van der Waals surface area contributed by atoms with Crippen molar-refractivity contribution in [3.8, 4) is 12.1 Å². The Bertz CT molecular complexity index is 492. The van der Waals surface area contributed by atoms with E-state index in [9.17, 15) is 0 Å². The molecular formula is C10H4N2O. The predicted molar refractivity (Wildman–Crippen MR) is 45.6 cm³/mol. The molecule has 0 unspecified atom stereocenters. The fraction of sp³-hybridized carbons (Fsp3) is 0. The lowest BCUT2D eigenvalue weighted by Crippen LogP contribution is -1.67. The molecule has 0 aliphatic heterocycles. The van der Waals surface area contributed by atoms with Gasteiger partial charge >= 0.3 is 0 Å². The first-order chi connectivity index (χ1) is 6.36. The summed E-state index contributed by atoms with van der Waals surface area (Å²) in [6, 6.07) is 10.9. The van der Waals surface area contributed by atoms with Crippen LogP contribution >= 0.6 is 0 Å². The molecule has 3 nitrogen and oxygen atoms in total. The molecule has 0 radical (unpaired) electrons. The molecule has 0 N–H and O–H groups in total. The number of rotatable bonds is 0. The van der Waals surface area contributed by atoms with Crippen molar-refractivity contribution in [2.24, 2.45) is 0 Å². The summed E-state index contributed by atoms with van der Waals surface area (Å²) < 4.78 is 5.04. The maximum Gasteiger partial charge on any atom is 0.213 e. The van der Waals surface area contributed by atoms with Crippen molar-refractivity contribution in [3.63, 3.8) is 0 Å². The van der Waals surface area contributed by atoms with E-state index in [0.717, 1.165) is 0 Å². The SMILES string of the molecule is N#Cc1oc(C#N)c2ccccc12. The fourth-order valence-electron chi connectivity index (χ4n) is 1.26. The van der Waals surface area contributed by atoms with Gasteiger partial charge in [-0.3, -0.25) is 0 Å². The van der Waals surface area contributed by atoms with Crippen molar-refractivity contribution in [2.75, 3.05) is 0 Å². The van der Waals surface area contributed by atoms with Gasteiger partial charge in [0.05, 0.1) is 0 Å². The average Bonchev–Trinajstić information content (AvgIpc) is 2.56. The molecule has 0 aliphatic carbocycles. The van der Waals surface area contributed by atoms with Crippen LogP contribution in [0.1, 0.15) is 11.5 Å². The van der Waals surface area contributed by atoms with E-state index in [1.165, 1.54) is 0 Å². The highest BCUT2D eigenvalue weighted by Crippen LogP contribution is 2.24. The molecule has 0 aliphatic rings. The van der Waals surface area contributed by atoms with Gasteiger partial charge in [0.25, 0.3) is 0 Å². The number of benzene rings is 1. The molecular weight excluding hydrogens is 164 g/mol. The van der Waals surface area contributed by atoms with Crippen LogP contribution in [0.4, 0.5) is 0 Å².